The fourth-order valence-electron chi connectivity index (χ4n) is 2.06. The Morgan fingerprint density at radius 2 is 2.26 bits per heavy atom. The summed E-state index contributed by atoms with van der Waals surface area (Å²) >= 11 is 0. The molecule has 1 heterocycles. The van der Waals surface area contributed by atoms with Crippen molar-refractivity contribution in [2.24, 2.45) is 5.92 Å². The van der Waals surface area contributed by atoms with Crippen molar-refractivity contribution in [2.45, 2.75) is 13.3 Å². The van der Waals surface area contributed by atoms with E-state index in [1.165, 1.54) is 4.90 Å². The summed E-state index contributed by atoms with van der Waals surface area (Å²) in [5.74, 6) is -0.0650. The number of hydrogen-bond acceptors (Lipinski definition) is 4. The highest BCUT2D eigenvalue weighted by Gasteiger charge is 2.25. The highest BCUT2D eigenvalue weighted by Crippen LogP contribution is 2.32. The van der Waals surface area contributed by atoms with E-state index < -0.39 is 5.92 Å². The molecule has 1 unspecified atom stereocenters. The number of rotatable bonds is 4. The van der Waals surface area contributed by atoms with Crippen LogP contribution in [-0.2, 0) is 4.79 Å². The fraction of sp³-hybridized carbons (Fsp3) is 0.429. The first-order chi connectivity index (χ1) is 9.08. The van der Waals surface area contributed by atoms with E-state index in [4.69, 9.17) is 4.74 Å². The van der Waals surface area contributed by atoms with Crippen LogP contribution in [0.1, 0.15) is 23.7 Å². The molecule has 0 aliphatic carbocycles. The summed E-state index contributed by atoms with van der Waals surface area (Å²) in [5, 5.41) is 9.18. The number of nitrogens with zero attached hydrogens (tertiary/aromatic N) is 1. The summed E-state index contributed by atoms with van der Waals surface area (Å²) in [4.78, 5) is 25.2. The van der Waals surface area contributed by atoms with Crippen LogP contribution in [0.2, 0.25) is 0 Å². The van der Waals surface area contributed by atoms with Gasteiger partial charge in [-0.15, -0.1) is 0 Å². The van der Waals surface area contributed by atoms with Gasteiger partial charge in [0.1, 0.15) is 5.75 Å². The third-order valence-corrected chi connectivity index (χ3v) is 3.41. The Bertz CT molecular complexity index is 508. The maximum atomic E-state index is 12.2. The Morgan fingerprint density at radius 3 is 2.89 bits per heavy atom. The van der Waals surface area contributed by atoms with Crippen LogP contribution in [0.4, 0.5) is 5.69 Å². The fourth-order valence-corrected chi connectivity index (χ4v) is 2.06. The van der Waals surface area contributed by atoms with Crippen molar-refractivity contribution < 1.29 is 19.4 Å². The van der Waals surface area contributed by atoms with Crippen LogP contribution in [0.15, 0.2) is 18.2 Å². The smallest absolute Gasteiger partial charge is 0.264 e. The minimum Gasteiger partial charge on any atom is -0.482 e. The van der Waals surface area contributed by atoms with Gasteiger partial charge in [0.25, 0.3) is 5.91 Å². The van der Waals surface area contributed by atoms with E-state index in [-0.39, 0.29) is 24.9 Å². The molecule has 2 rings (SSSR count). The zero-order valence-electron chi connectivity index (χ0n) is 11.0. The van der Waals surface area contributed by atoms with Gasteiger partial charge in [0.2, 0.25) is 0 Å². The van der Waals surface area contributed by atoms with Gasteiger partial charge in [0.05, 0.1) is 12.3 Å². The number of Topliss-reactive ketones (excluding diaryl/α,β-unsaturated/α-hetero) is 1. The second kappa shape index (κ2) is 5.40. The van der Waals surface area contributed by atoms with Gasteiger partial charge < -0.3 is 14.7 Å². The minimum absolute atomic E-state index is 0.0189. The van der Waals surface area contributed by atoms with Crippen LogP contribution >= 0.6 is 0 Å². The molecule has 0 saturated heterocycles. The van der Waals surface area contributed by atoms with Gasteiger partial charge in [-0.3, -0.25) is 9.59 Å². The van der Waals surface area contributed by atoms with Gasteiger partial charge in [0, 0.05) is 18.5 Å². The number of fused-ring (bicyclic) bond motifs is 1. The van der Waals surface area contributed by atoms with Gasteiger partial charge in [0.15, 0.2) is 12.4 Å². The van der Waals surface area contributed by atoms with E-state index in [1.807, 2.05) is 6.92 Å². The molecule has 1 N–H and O–H groups in total. The summed E-state index contributed by atoms with van der Waals surface area (Å²) in [6.45, 7) is 1.71. The molecular formula is C14H17NO4. The van der Waals surface area contributed by atoms with Gasteiger partial charge in [-0.1, -0.05) is 6.92 Å². The van der Waals surface area contributed by atoms with Crippen LogP contribution in [-0.4, -0.2) is 37.1 Å². The maximum Gasteiger partial charge on any atom is 0.264 e. The number of aliphatic hydroxyl groups excluding tert-OH is 1. The van der Waals surface area contributed by atoms with Crippen molar-refractivity contribution in [1.29, 1.82) is 0 Å². The first-order valence-electron chi connectivity index (χ1n) is 6.27. The minimum atomic E-state index is -0.399. The zero-order valence-corrected chi connectivity index (χ0v) is 11.0. The van der Waals surface area contributed by atoms with Crippen molar-refractivity contribution in [3.63, 3.8) is 0 Å². The molecular weight excluding hydrogens is 246 g/mol. The van der Waals surface area contributed by atoms with Crippen LogP contribution in [0.3, 0.4) is 0 Å². The second-order valence-electron chi connectivity index (χ2n) is 4.58. The summed E-state index contributed by atoms with van der Waals surface area (Å²) in [6, 6.07) is 5.01. The Kier molecular flexibility index (Phi) is 3.85. The lowest BCUT2D eigenvalue weighted by molar-refractivity contribution is -0.120. The Labute approximate surface area is 111 Å². The van der Waals surface area contributed by atoms with E-state index in [9.17, 15) is 14.7 Å². The van der Waals surface area contributed by atoms with E-state index in [0.717, 1.165) is 0 Å². The van der Waals surface area contributed by atoms with E-state index in [2.05, 4.69) is 0 Å². The molecule has 0 saturated carbocycles. The lowest BCUT2D eigenvalue weighted by atomic mass is 9.95. The van der Waals surface area contributed by atoms with Crippen molar-refractivity contribution >= 4 is 17.4 Å². The molecule has 1 aliphatic heterocycles. The van der Waals surface area contributed by atoms with Crippen LogP contribution in [0.25, 0.3) is 0 Å². The van der Waals surface area contributed by atoms with Crippen molar-refractivity contribution in [2.75, 3.05) is 25.2 Å². The Hall–Kier alpha value is -1.88. The molecule has 1 aromatic rings. The molecule has 5 nitrogen and oxygen atoms in total. The molecule has 19 heavy (non-hydrogen) atoms. The lowest BCUT2D eigenvalue weighted by Gasteiger charge is -2.26. The number of ketones is 1. The molecule has 5 heteroatoms. The van der Waals surface area contributed by atoms with Crippen molar-refractivity contribution in [1.82, 2.24) is 0 Å². The maximum absolute atomic E-state index is 12.2. The number of carbonyl (C=O) groups is 2. The number of hydrogen-bond donors (Lipinski definition) is 1. The molecule has 1 aliphatic rings. The number of carbonyl (C=O) groups excluding carboxylic acids is 2. The third kappa shape index (κ3) is 2.46. The third-order valence-electron chi connectivity index (χ3n) is 3.41. The predicted octanol–water partition coefficient (Wildman–Crippen LogP) is 1.24. The Morgan fingerprint density at radius 1 is 1.53 bits per heavy atom. The Balaban J connectivity index is 2.35. The average molecular weight is 263 g/mol. The normalized spacial score (nSPS) is 15.7. The summed E-state index contributed by atoms with van der Waals surface area (Å²) < 4.78 is 5.30. The van der Waals surface area contributed by atoms with E-state index >= 15 is 0 Å². The number of aliphatic hydroxyl groups is 1. The van der Waals surface area contributed by atoms with Crippen molar-refractivity contribution in [3.05, 3.63) is 23.8 Å². The topological polar surface area (TPSA) is 66.8 Å². The highest BCUT2D eigenvalue weighted by atomic mass is 16.5. The molecule has 1 aromatic carbocycles. The molecule has 1 atom stereocenters. The SMILES string of the molecule is CCC(CO)C(=O)c1ccc2c(c1)N(C)C(=O)CO2. The van der Waals surface area contributed by atoms with E-state index in [1.54, 1.807) is 25.2 Å². The quantitative estimate of drug-likeness (QED) is 0.830. The number of amides is 1. The van der Waals surface area contributed by atoms with Crippen LogP contribution in [0.5, 0.6) is 5.75 Å². The van der Waals surface area contributed by atoms with Gasteiger partial charge >= 0.3 is 0 Å². The summed E-state index contributed by atoms with van der Waals surface area (Å²) in [5.41, 5.74) is 1.08. The van der Waals surface area contributed by atoms with Gasteiger partial charge in [-0.05, 0) is 24.6 Å². The molecule has 1 amide bonds. The average Bonchev–Trinajstić information content (AvgIpc) is 2.44. The summed E-state index contributed by atoms with van der Waals surface area (Å²) in [6.07, 6.45) is 0.581. The van der Waals surface area contributed by atoms with Gasteiger partial charge in [-0.2, -0.15) is 0 Å². The first kappa shape index (κ1) is 13.5. The number of benzene rings is 1. The number of likely N-dealkylation sites (N-methyl/N-ethyl adjacent to an activating group) is 1. The zero-order chi connectivity index (χ0) is 14.0. The van der Waals surface area contributed by atoms with Crippen molar-refractivity contribution in [3.8, 4) is 5.75 Å². The largest absolute Gasteiger partial charge is 0.482 e. The highest BCUT2D eigenvalue weighted by molar-refractivity contribution is 6.02. The van der Waals surface area contributed by atoms with Gasteiger partial charge in [-0.25, -0.2) is 0 Å². The molecule has 0 radical (unpaired) electrons. The van der Waals surface area contributed by atoms with Crippen LogP contribution < -0.4 is 9.64 Å². The molecule has 0 spiro atoms. The summed E-state index contributed by atoms with van der Waals surface area (Å²) in [7, 11) is 1.65. The van der Waals surface area contributed by atoms with E-state index in [0.29, 0.717) is 23.4 Å². The predicted molar refractivity (Wildman–Crippen MR) is 70.5 cm³/mol. The first-order valence-corrected chi connectivity index (χ1v) is 6.27. The second-order valence-corrected chi connectivity index (χ2v) is 4.58. The monoisotopic (exact) mass is 263 g/mol. The number of ether oxygens (including phenoxy) is 1. The number of anilines is 1. The van der Waals surface area contributed by atoms with Crippen LogP contribution in [0, 0.1) is 5.92 Å². The molecule has 0 bridgehead atoms. The standard InChI is InChI=1S/C14H17NO4/c1-3-9(7-16)14(18)10-4-5-12-11(6-10)15(2)13(17)8-19-12/h4-6,9,16H,3,7-8H2,1-2H3. The lowest BCUT2D eigenvalue weighted by Crippen LogP contribution is -2.35. The molecule has 102 valence electrons. The molecule has 0 aromatic heterocycles. The molecule has 0 fully saturated rings.